The molecule has 0 spiro atoms. The zero-order valence-corrected chi connectivity index (χ0v) is 11.7. The van der Waals surface area contributed by atoms with Gasteiger partial charge in [0.05, 0.1) is 0 Å². The van der Waals surface area contributed by atoms with E-state index < -0.39 is 5.97 Å². The van der Waals surface area contributed by atoms with E-state index in [1.165, 1.54) is 6.08 Å². The quantitative estimate of drug-likeness (QED) is 0.747. The van der Waals surface area contributed by atoms with Gasteiger partial charge in [-0.25, -0.2) is 4.79 Å². The summed E-state index contributed by atoms with van der Waals surface area (Å²) in [7, 11) is 0. The van der Waals surface area contributed by atoms with Gasteiger partial charge in [0, 0.05) is 18.2 Å². The van der Waals surface area contributed by atoms with Crippen molar-refractivity contribution in [3.8, 4) is 5.75 Å². The summed E-state index contributed by atoms with van der Waals surface area (Å²) in [6.45, 7) is 4.34. The number of ether oxygens (including phenoxy) is 1. The van der Waals surface area contributed by atoms with Gasteiger partial charge >= 0.3 is 5.97 Å². The number of carboxylic acids is 1. The number of carboxylic acid groups (broad SMARTS) is 1. The molecule has 0 aliphatic rings. The summed E-state index contributed by atoms with van der Waals surface area (Å²) in [5, 5.41) is 11.4. The maximum absolute atomic E-state index is 11.5. The number of hydrogen-bond donors (Lipinski definition) is 2. The number of carbonyl (C=O) groups excluding carboxylic acids is 1. The fourth-order valence-electron chi connectivity index (χ4n) is 1.62. The second-order valence-electron chi connectivity index (χ2n) is 4.30. The van der Waals surface area contributed by atoms with Crippen LogP contribution in [0.4, 0.5) is 0 Å². The molecule has 1 aromatic rings. The zero-order valence-electron chi connectivity index (χ0n) is 11.7. The number of aliphatic carboxylic acids is 1. The summed E-state index contributed by atoms with van der Waals surface area (Å²) in [6, 6.07) is 5.39. The minimum Gasteiger partial charge on any atom is -0.483 e. The maximum atomic E-state index is 11.5. The largest absolute Gasteiger partial charge is 0.483 e. The molecular formula is C15H19NO4. The van der Waals surface area contributed by atoms with Crippen LogP contribution in [0.3, 0.4) is 0 Å². The summed E-state index contributed by atoms with van der Waals surface area (Å²) in [5.74, 6) is -0.696. The molecule has 0 saturated heterocycles. The summed E-state index contributed by atoms with van der Waals surface area (Å²) < 4.78 is 5.50. The lowest BCUT2D eigenvalue weighted by atomic mass is 10.1. The van der Waals surface area contributed by atoms with E-state index in [9.17, 15) is 9.59 Å². The number of para-hydroxylation sites is 1. The van der Waals surface area contributed by atoms with Gasteiger partial charge in [0.2, 0.25) is 0 Å². The third-order valence-electron chi connectivity index (χ3n) is 2.57. The van der Waals surface area contributed by atoms with Crippen LogP contribution in [0, 0.1) is 6.92 Å². The van der Waals surface area contributed by atoms with Crippen LogP contribution in [-0.2, 0) is 9.59 Å². The van der Waals surface area contributed by atoms with Gasteiger partial charge in [0.1, 0.15) is 5.75 Å². The fraction of sp³-hybridized carbons (Fsp3) is 0.333. The molecule has 0 aliphatic carbocycles. The van der Waals surface area contributed by atoms with E-state index in [0.29, 0.717) is 17.9 Å². The molecule has 0 saturated carbocycles. The highest BCUT2D eigenvalue weighted by Gasteiger charge is 2.08. The van der Waals surface area contributed by atoms with Crippen molar-refractivity contribution >= 4 is 18.0 Å². The molecule has 0 fully saturated rings. The Morgan fingerprint density at radius 3 is 2.80 bits per heavy atom. The van der Waals surface area contributed by atoms with Crippen molar-refractivity contribution in [3.63, 3.8) is 0 Å². The Kier molecular flexibility index (Phi) is 6.29. The first-order chi connectivity index (χ1) is 9.54. The topological polar surface area (TPSA) is 75.6 Å². The number of rotatable bonds is 7. The summed E-state index contributed by atoms with van der Waals surface area (Å²) in [5.41, 5.74) is 1.48. The molecule has 108 valence electrons. The van der Waals surface area contributed by atoms with E-state index in [2.05, 4.69) is 5.32 Å². The molecule has 0 radical (unpaired) electrons. The highest BCUT2D eigenvalue weighted by molar-refractivity contribution is 5.86. The molecule has 0 bridgehead atoms. The molecule has 1 amide bonds. The summed E-state index contributed by atoms with van der Waals surface area (Å²) >= 11 is 0. The van der Waals surface area contributed by atoms with Crippen LogP contribution in [-0.4, -0.2) is 30.1 Å². The highest BCUT2D eigenvalue weighted by Crippen LogP contribution is 2.24. The molecule has 0 atom stereocenters. The van der Waals surface area contributed by atoms with E-state index in [1.54, 1.807) is 12.1 Å². The molecule has 1 aromatic carbocycles. The standard InChI is InChI=1S/C15H19NO4/c1-3-9-16-13(17)10-20-15-11(2)5-4-6-12(15)7-8-14(18)19/h4-8H,3,9-10H2,1-2H3,(H,16,17)(H,18,19)/b8-7+. The third-order valence-corrected chi connectivity index (χ3v) is 2.57. The Balaban J connectivity index is 2.77. The molecule has 0 aliphatic heterocycles. The van der Waals surface area contributed by atoms with E-state index in [0.717, 1.165) is 18.1 Å². The first-order valence-electron chi connectivity index (χ1n) is 6.44. The Bertz CT molecular complexity index is 509. The Labute approximate surface area is 118 Å². The molecule has 0 aromatic heterocycles. The Morgan fingerprint density at radius 1 is 1.40 bits per heavy atom. The lowest BCUT2D eigenvalue weighted by Crippen LogP contribution is -2.29. The van der Waals surface area contributed by atoms with Crippen molar-refractivity contribution in [1.82, 2.24) is 5.32 Å². The molecule has 1 rings (SSSR count). The van der Waals surface area contributed by atoms with Gasteiger partial charge in [0.25, 0.3) is 5.91 Å². The van der Waals surface area contributed by atoms with Crippen molar-refractivity contribution < 1.29 is 19.4 Å². The summed E-state index contributed by atoms with van der Waals surface area (Å²) in [6.07, 6.45) is 3.36. The lowest BCUT2D eigenvalue weighted by Gasteiger charge is -2.12. The first kappa shape index (κ1) is 15.8. The fourth-order valence-corrected chi connectivity index (χ4v) is 1.62. The van der Waals surface area contributed by atoms with Gasteiger partial charge in [0.15, 0.2) is 6.61 Å². The Hall–Kier alpha value is -2.30. The predicted octanol–water partition coefficient (Wildman–Crippen LogP) is 2.00. The second kappa shape index (κ2) is 7.99. The van der Waals surface area contributed by atoms with Crippen molar-refractivity contribution in [2.24, 2.45) is 0 Å². The van der Waals surface area contributed by atoms with Crippen molar-refractivity contribution in [3.05, 3.63) is 35.4 Å². The maximum Gasteiger partial charge on any atom is 0.328 e. The lowest BCUT2D eigenvalue weighted by molar-refractivity contribution is -0.131. The van der Waals surface area contributed by atoms with Gasteiger partial charge in [-0.2, -0.15) is 0 Å². The number of hydrogen-bond acceptors (Lipinski definition) is 3. The highest BCUT2D eigenvalue weighted by atomic mass is 16.5. The first-order valence-corrected chi connectivity index (χ1v) is 6.44. The average Bonchev–Trinajstić information content (AvgIpc) is 2.41. The monoisotopic (exact) mass is 277 g/mol. The smallest absolute Gasteiger partial charge is 0.328 e. The predicted molar refractivity (Wildman–Crippen MR) is 76.6 cm³/mol. The number of nitrogens with one attached hydrogen (secondary N) is 1. The van der Waals surface area contributed by atoms with Crippen molar-refractivity contribution in [1.29, 1.82) is 0 Å². The number of benzene rings is 1. The summed E-state index contributed by atoms with van der Waals surface area (Å²) in [4.78, 5) is 22.1. The van der Waals surface area contributed by atoms with Crippen LogP contribution in [0.25, 0.3) is 6.08 Å². The zero-order chi connectivity index (χ0) is 15.0. The van der Waals surface area contributed by atoms with E-state index in [1.807, 2.05) is 19.9 Å². The van der Waals surface area contributed by atoms with Crippen molar-refractivity contribution in [2.45, 2.75) is 20.3 Å². The van der Waals surface area contributed by atoms with Crippen LogP contribution >= 0.6 is 0 Å². The molecule has 5 heteroatoms. The molecule has 2 N–H and O–H groups in total. The minimum absolute atomic E-state index is 0.0846. The molecule has 0 heterocycles. The van der Waals surface area contributed by atoms with Gasteiger partial charge in [-0.05, 0) is 25.0 Å². The molecular weight excluding hydrogens is 258 g/mol. The molecule has 0 unspecified atom stereocenters. The normalized spacial score (nSPS) is 10.5. The van der Waals surface area contributed by atoms with Crippen LogP contribution in [0.15, 0.2) is 24.3 Å². The molecule has 5 nitrogen and oxygen atoms in total. The van der Waals surface area contributed by atoms with E-state index >= 15 is 0 Å². The molecule has 20 heavy (non-hydrogen) atoms. The number of amides is 1. The number of aryl methyl sites for hydroxylation is 1. The number of carbonyl (C=O) groups is 2. The van der Waals surface area contributed by atoms with E-state index in [-0.39, 0.29) is 12.5 Å². The van der Waals surface area contributed by atoms with Crippen LogP contribution in [0.5, 0.6) is 5.75 Å². The average molecular weight is 277 g/mol. The van der Waals surface area contributed by atoms with Crippen LogP contribution in [0.1, 0.15) is 24.5 Å². The minimum atomic E-state index is -1.03. The van der Waals surface area contributed by atoms with Gasteiger partial charge < -0.3 is 15.2 Å². The van der Waals surface area contributed by atoms with Crippen LogP contribution in [0.2, 0.25) is 0 Å². The second-order valence-corrected chi connectivity index (χ2v) is 4.30. The van der Waals surface area contributed by atoms with Crippen LogP contribution < -0.4 is 10.1 Å². The Morgan fingerprint density at radius 2 is 2.15 bits per heavy atom. The van der Waals surface area contributed by atoms with E-state index in [4.69, 9.17) is 9.84 Å². The van der Waals surface area contributed by atoms with Gasteiger partial charge in [-0.15, -0.1) is 0 Å². The van der Waals surface area contributed by atoms with Crippen molar-refractivity contribution in [2.75, 3.05) is 13.2 Å². The SMILES string of the molecule is CCCNC(=O)COc1c(C)cccc1/C=C/C(=O)O. The van der Waals surface area contributed by atoms with Gasteiger partial charge in [-0.3, -0.25) is 4.79 Å². The van der Waals surface area contributed by atoms with Gasteiger partial charge in [-0.1, -0.05) is 25.1 Å². The third kappa shape index (κ3) is 5.14.